The fourth-order valence-corrected chi connectivity index (χ4v) is 4.76. The predicted molar refractivity (Wildman–Crippen MR) is 123 cm³/mol. The van der Waals surface area contributed by atoms with Gasteiger partial charge in [0.15, 0.2) is 5.78 Å². The molecule has 3 atom stereocenters. The van der Waals surface area contributed by atoms with Gasteiger partial charge in [0.25, 0.3) is 0 Å². The number of allylic oxidation sites excluding steroid dienone is 2. The number of benzene rings is 2. The van der Waals surface area contributed by atoms with Crippen LogP contribution in [0.25, 0.3) is 0 Å². The highest BCUT2D eigenvalue weighted by atomic mass is 35.5. The van der Waals surface area contributed by atoms with Crippen molar-refractivity contribution in [3.05, 3.63) is 76.0 Å². The van der Waals surface area contributed by atoms with Crippen LogP contribution in [0.1, 0.15) is 56.6 Å². The molecular weight excluding hydrogens is 408 g/mol. The molecule has 1 heterocycles. The van der Waals surface area contributed by atoms with E-state index >= 15 is 0 Å². The number of carbonyl (C=O) groups excluding carboxylic acids is 1. The lowest BCUT2D eigenvalue weighted by Crippen LogP contribution is -2.32. The quantitative estimate of drug-likeness (QED) is 0.575. The summed E-state index contributed by atoms with van der Waals surface area (Å²) in [5, 5.41) is 10.7. The smallest absolute Gasteiger partial charge is 0.161 e. The first-order valence-corrected chi connectivity index (χ1v) is 11.0. The van der Waals surface area contributed by atoms with Gasteiger partial charge in [-0.15, -0.1) is 0 Å². The van der Waals surface area contributed by atoms with Crippen LogP contribution in [0.3, 0.4) is 0 Å². The molecule has 158 valence electrons. The fourth-order valence-electron chi connectivity index (χ4n) is 4.63. The maximum Gasteiger partial charge on any atom is 0.161 e. The third-order valence-corrected chi connectivity index (χ3v) is 6.24. The van der Waals surface area contributed by atoms with Crippen molar-refractivity contribution in [3.63, 3.8) is 0 Å². The van der Waals surface area contributed by atoms with Crippen LogP contribution >= 0.6 is 11.6 Å². The number of para-hydroxylation sites is 1. The van der Waals surface area contributed by atoms with Gasteiger partial charge in [0.1, 0.15) is 5.75 Å². The van der Waals surface area contributed by atoms with E-state index < -0.39 is 5.92 Å². The van der Waals surface area contributed by atoms with Crippen molar-refractivity contribution in [2.75, 3.05) is 0 Å². The maximum atomic E-state index is 13.5. The molecule has 0 spiro atoms. The monoisotopic (exact) mass is 432 g/mol. The number of hydrogen-bond acceptors (Lipinski definition) is 4. The third-order valence-electron chi connectivity index (χ3n) is 5.99. The van der Waals surface area contributed by atoms with Gasteiger partial charge in [-0.05, 0) is 56.9 Å². The molecule has 2 aromatic carbocycles. The van der Waals surface area contributed by atoms with Gasteiger partial charge in [0.2, 0.25) is 0 Å². The summed E-state index contributed by atoms with van der Waals surface area (Å²) in [6.07, 6.45) is 1.06. The molecule has 1 aliphatic heterocycles. The molecule has 0 aromatic heterocycles. The van der Waals surface area contributed by atoms with Crippen molar-refractivity contribution in [1.82, 2.24) is 0 Å². The second-order valence-corrected chi connectivity index (χ2v) is 8.92. The molecule has 0 saturated heterocycles. The molecule has 0 bridgehead atoms. The summed E-state index contributed by atoms with van der Waals surface area (Å²) in [6, 6.07) is 17.8. The zero-order valence-electron chi connectivity index (χ0n) is 17.9. The van der Waals surface area contributed by atoms with Crippen molar-refractivity contribution < 1.29 is 9.53 Å². The molecule has 0 fully saturated rings. The number of ether oxygens (including phenoxy) is 1. The number of hydrogen-bond donors (Lipinski definition) is 0. The number of carbonyl (C=O) groups is 1. The highest BCUT2D eigenvalue weighted by Gasteiger charge is 2.42. The minimum atomic E-state index is -0.494. The van der Waals surface area contributed by atoms with Crippen LogP contribution in [-0.4, -0.2) is 17.6 Å². The molecule has 31 heavy (non-hydrogen) atoms. The zero-order chi connectivity index (χ0) is 22.1. The molecule has 0 N–H and O–H groups in total. The summed E-state index contributed by atoms with van der Waals surface area (Å²) in [6.45, 7) is 5.82. The maximum absolute atomic E-state index is 13.5. The van der Waals surface area contributed by atoms with E-state index in [0.29, 0.717) is 23.4 Å². The van der Waals surface area contributed by atoms with E-state index in [9.17, 15) is 10.1 Å². The Morgan fingerprint density at radius 2 is 1.84 bits per heavy atom. The number of rotatable bonds is 4. The van der Waals surface area contributed by atoms with E-state index in [0.717, 1.165) is 28.3 Å². The average molecular weight is 433 g/mol. The number of ketones is 1. The van der Waals surface area contributed by atoms with Crippen LogP contribution < -0.4 is 4.74 Å². The number of aliphatic imine (C=N–C) groups is 1. The van der Waals surface area contributed by atoms with E-state index in [-0.39, 0.29) is 23.7 Å². The van der Waals surface area contributed by atoms with Crippen LogP contribution in [0.15, 0.2) is 64.8 Å². The summed E-state index contributed by atoms with van der Waals surface area (Å²) in [4.78, 5) is 18.2. The van der Waals surface area contributed by atoms with Crippen LogP contribution in [0.2, 0.25) is 5.02 Å². The van der Waals surface area contributed by atoms with Crippen LogP contribution in [0.4, 0.5) is 0 Å². The Morgan fingerprint density at radius 1 is 1.13 bits per heavy atom. The van der Waals surface area contributed by atoms with Gasteiger partial charge in [-0.2, -0.15) is 5.26 Å². The number of Topliss-reactive ketones (excluding diaryl/α,β-unsaturated/α-hetero) is 1. The summed E-state index contributed by atoms with van der Waals surface area (Å²) >= 11 is 6.04. The Balaban J connectivity index is 1.80. The van der Waals surface area contributed by atoms with E-state index in [1.807, 2.05) is 69.3 Å². The summed E-state index contributed by atoms with van der Waals surface area (Å²) < 4.78 is 6.05. The van der Waals surface area contributed by atoms with E-state index in [2.05, 4.69) is 6.07 Å². The Kier molecular flexibility index (Phi) is 5.98. The van der Waals surface area contributed by atoms with Gasteiger partial charge in [-0.25, -0.2) is 0 Å². The van der Waals surface area contributed by atoms with E-state index in [1.165, 1.54) is 0 Å². The Bertz CT molecular complexity index is 1110. The van der Waals surface area contributed by atoms with Gasteiger partial charge in [0.05, 0.1) is 18.1 Å². The van der Waals surface area contributed by atoms with Crippen molar-refractivity contribution >= 4 is 23.1 Å². The van der Waals surface area contributed by atoms with Gasteiger partial charge in [0, 0.05) is 39.9 Å². The Hall–Kier alpha value is -2.90. The highest BCUT2D eigenvalue weighted by Crippen LogP contribution is 2.48. The molecule has 1 aliphatic carbocycles. The molecule has 0 radical (unpaired) electrons. The van der Waals surface area contributed by atoms with Gasteiger partial charge in [-0.3, -0.25) is 9.79 Å². The molecule has 2 aromatic rings. The van der Waals surface area contributed by atoms with Gasteiger partial charge >= 0.3 is 0 Å². The summed E-state index contributed by atoms with van der Waals surface area (Å²) in [5.41, 5.74) is 4.17. The minimum absolute atomic E-state index is 0.00941. The summed E-state index contributed by atoms with van der Waals surface area (Å²) in [7, 11) is 0. The van der Waals surface area contributed by atoms with Crippen LogP contribution in [-0.2, 0) is 4.79 Å². The topological polar surface area (TPSA) is 62.4 Å². The van der Waals surface area contributed by atoms with E-state index in [1.54, 1.807) is 0 Å². The van der Waals surface area contributed by atoms with Crippen LogP contribution in [0.5, 0.6) is 5.75 Å². The second-order valence-electron chi connectivity index (χ2n) is 8.48. The van der Waals surface area contributed by atoms with Crippen molar-refractivity contribution in [2.24, 2.45) is 10.9 Å². The standard InChI is InChI=1S/C26H25ClN2O2/c1-15(2)31-24-7-5-4-6-20(24)25-21(14-28)16(3)29-22-12-18(13-23(30)26(22)25)17-8-10-19(27)11-9-17/h4-11,15,18,21,25H,12-13H2,1-3H3/t18-,21?,25+/m0/s1. The van der Waals surface area contributed by atoms with Crippen molar-refractivity contribution in [3.8, 4) is 11.8 Å². The normalized spacial score (nSPS) is 23.3. The SMILES string of the molecule is CC1=NC2=C(C(=O)C[C@@H](c3ccc(Cl)cc3)C2)[C@H](c2ccccc2OC(C)C)C1C#N. The Morgan fingerprint density at radius 3 is 2.52 bits per heavy atom. The minimum Gasteiger partial charge on any atom is -0.491 e. The Labute approximate surface area is 188 Å². The fraction of sp³-hybridized carbons (Fsp3) is 0.346. The average Bonchev–Trinajstić information content (AvgIpc) is 2.73. The lowest BCUT2D eigenvalue weighted by molar-refractivity contribution is -0.116. The molecule has 1 unspecified atom stereocenters. The first-order chi connectivity index (χ1) is 14.9. The van der Waals surface area contributed by atoms with E-state index in [4.69, 9.17) is 21.3 Å². The van der Waals surface area contributed by atoms with Crippen molar-refractivity contribution in [2.45, 2.75) is 51.6 Å². The largest absolute Gasteiger partial charge is 0.491 e. The molecular formula is C26H25ClN2O2. The van der Waals surface area contributed by atoms with Gasteiger partial charge < -0.3 is 4.74 Å². The molecule has 4 nitrogen and oxygen atoms in total. The molecule has 5 heteroatoms. The first kappa shape index (κ1) is 21.3. The van der Waals surface area contributed by atoms with Gasteiger partial charge in [-0.1, -0.05) is 41.9 Å². The third kappa shape index (κ3) is 4.16. The molecule has 0 amide bonds. The number of nitrogens with zero attached hydrogens (tertiary/aromatic N) is 2. The predicted octanol–water partition coefficient (Wildman–Crippen LogP) is 6.23. The lowest BCUT2D eigenvalue weighted by Gasteiger charge is -2.35. The number of nitriles is 1. The van der Waals surface area contributed by atoms with Crippen molar-refractivity contribution in [1.29, 1.82) is 5.26 Å². The first-order valence-electron chi connectivity index (χ1n) is 10.6. The highest BCUT2D eigenvalue weighted by molar-refractivity contribution is 6.30. The van der Waals surface area contributed by atoms with Crippen LogP contribution in [0, 0.1) is 17.2 Å². The number of halogens is 1. The zero-order valence-corrected chi connectivity index (χ0v) is 18.7. The second kappa shape index (κ2) is 8.69. The molecule has 2 aliphatic rings. The molecule has 4 rings (SSSR count). The lowest BCUT2D eigenvalue weighted by atomic mass is 9.69. The summed E-state index contributed by atoms with van der Waals surface area (Å²) in [5.74, 6) is -0.0294. The molecule has 0 saturated carbocycles.